The summed E-state index contributed by atoms with van der Waals surface area (Å²) in [6, 6.07) is 19.9. The first-order valence-electron chi connectivity index (χ1n) is 10.3. The number of fused-ring (bicyclic) bond motifs is 1. The van der Waals surface area contributed by atoms with E-state index in [1.165, 1.54) is 12.1 Å². The number of carbonyl (C=O) groups excluding carboxylic acids is 1. The molecule has 170 valence electrons. The Balaban J connectivity index is 2.14. The molecule has 0 saturated carbocycles. The number of hydrogen-bond donors (Lipinski definition) is 1. The van der Waals surface area contributed by atoms with Crippen LogP contribution in [0, 0.1) is 6.92 Å². The molecular weight excluding hydrogens is 462 g/mol. The lowest BCUT2D eigenvalue weighted by molar-refractivity contribution is -0.153. The molecule has 4 aromatic rings. The fraction of sp³-hybridized carbons (Fsp3) is 0.160. The van der Waals surface area contributed by atoms with Gasteiger partial charge >= 0.3 is 5.97 Å². The third-order valence-corrected chi connectivity index (χ3v) is 7.28. The van der Waals surface area contributed by atoms with Gasteiger partial charge in [-0.3, -0.25) is 0 Å². The van der Waals surface area contributed by atoms with Gasteiger partial charge in [0.25, 0.3) is 10.0 Å². The molecule has 1 unspecified atom stereocenters. The number of aromatic nitrogens is 1. The van der Waals surface area contributed by atoms with Crippen LogP contribution in [0.4, 0.5) is 0 Å². The number of esters is 1. The number of aliphatic hydroxyl groups is 1. The van der Waals surface area contributed by atoms with Gasteiger partial charge in [0.2, 0.25) is 0 Å². The van der Waals surface area contributed by atoms with Crippen LogP contribution in [0.15, 0.2) is 77.7 Å². The molecule has 3 aromatic carbocycles. The Morgan fingerprint density at radius 1 is 1.06 bits per heavy atom. The molecule has 8 heteroatoms. The Hall–Kier alpha value is -3.13. The minimum Gasteiger partial charge on any atom is -0.464 e. The predicted molar refractivity (Wildman–Crippen MR) is 128 cm³/mol. The maximum atomic E-state index is 13.9. The van der Waals surface area contributed by atoms with Gasteiger partial charge in [0.05, 0.1) is 22.7 Å². The van der Waals surface area contributed by atoms with Gasteiger partial charge in [0.1, 0.15) is 0 Å². The van der Waals surface area contributed by atoms with Gasteiger partial charge in [0.15, 0.2) is 6.10 Å². The highest BCUT2D eigenvalue weighted by atomic mass is 35.5. The van der Waals surface area contributed by atoms with E-state index in [1.807, 2.05) is 6.92 Å². The highest BCUT2D eigenvalue weighted by Gasteiger charge is 2.33. The van der Waals surface area contributed by atoms with Crippen LogP contribution < -0.4 is 0 Å². The number of aryl methyl sites for hydroxylation is 1. The molecule has 0 saturated heterocycles. The average molecular weight is 484 g/mol. The third kappa shape index (κ3) is 4.15. The number of carbonyl (C=O) groups is 1. The van der Waals surface area contributed by atoms with Gasteiger partial charge in [-0.25, -0.2) is 17.2 Å². The summed E-state index contributed by atoms with van der Waals surface area (Å²) in [5.41, 5.74) is 2.01. The van der Waals surface area contributed by atoms with E-state index in [-0.39, 0.29) is 28.3 Å². The summed E-state index contributed by atoms with van der Waals surface area (Å²) < 4.78 is 34.0. The fourth-order valence-corrected chi connectivity index (χ4v) is 5.53. The smallest absolute Gasteiger partial charge is 0.339 e. The minimum atomic E-state index is -4.11. The molecule has 1 N–H and O–H groups in total. The fourth-order valence-electron chi connectivity index (χ4n) is 3.81. The maximum absolute atomic E-state index is 13.9. The monoisotopic (exact) mass is 483 g/mol. The van der Waals surface area contributed by atoms with Gasteiger partial charge in [-0.2, -0.15) is 0 Å². The SMILES string of the molecule is CCOC(=O)C(O)c1c(-c2ccccc2)n(S(=O)(=O)c2ccc(C)cc2)c2ccc(Cl)cc12. The van der Waals surface area contributed by atoms with E-state index in [0.717, 1.165) is 9.54 Å². The maximum Gasteiger partial charge on any atom is 0.339 e. The molecule has 0 bridgehead atoms. The van der Waals surface area contributed by atoms with Crippen molar-refractivity contribution in [3.63, 3.8) is 0 Å². The molecule has 0 fully saturated rings. The normalized spacial score (nSPS) is 12.6. The molecule has 0 aliphatic rings. The van der Waals surface area contributed by atoms with Crippen molar-refractivity contribution in [3.05, 3.63) is 88.9 Å². The van der Waals surface area contributed by atoms with Crippen molar-refractivity contribution < 1.29 is 23.1 Å². The lowest BCUT2D eigenvalue weighted by atomic mass is 10.0. The first kappa shape index (κ1) is 23.0. The van der Waals surface area contributed by atoms with Crippen molar-refractivity contribution >= 4 is 38.5 Å². The number of nitrogens with zero attached hydrogens (tertiary/aromatic N) is 1. The van der Waals surface area contributed by atoms with Gasteiger partial charge in [-0.15, -0.1) is 0 Å². The van der Waals surface area contributed by atoms with Gasteiger partial charge in [0, 0.05) is 16.0 Å². The Bertz CT molecular complexity index is 1430. The summed E-state index contributed by atoms with van der Waals surface area (Å²) in [5.74, 6) is -0.874. The number of hydrogen-bond acceptors (Lipinski definition) is 5. The zero-order chi connectivity index (χ0) is 23.8. The van der Waals surface area contributed by atoms with E-state index in [0.29, 0.717) is 16.0 Å². The number of benzene rings is 3. The molecule has 0 spiro atoms. The number of halogens is 1. The molecule has 0 aliphatic carbocycles. The first-order chi connectivity index (χ1) is 15.8. The van der Waals surface area contributed by atoms with Crippen LogP contribution in [0.3, 0.4) is 0 Å². The second kappa shape index (κ2) is 9.02. The van der Waals surface area contributed by atoms with Crippen LogP contribution >= 0.6 is 11.6 Å². The Kier molecular flexibility index (Phi) is 6.30. The highest BCUT2D eigenvalue weighted by molar-refractivity contribution is 7.90. The van der Waals surface area contributed by atoms with Crippen molar-refractivity contribution in [2.24, 2.45) is 0 Å². The van der Waals surface area contributed by atoms with Crippen LogP contribution in [0.25, 0.3) is 22.2 Å². The summed E-state index contributed by atoms with van der Waals surface area (Å²) in [7, 11) is -4.11. The molecule has 6 nitrogen and oxygen atoms in total. The Morgan fingerprint density at radius 3 is 2.36 bits per heavy atom. The highest BCUT2D eigenvalue weighted by Crippen LogP contribution is 2.41. The molecule has 0 amide bonds. The molecule has 0 radical (unpaired) electrons. The summed E-state index contributed by atoms with van der Waals surface area (Å²) in [4.78, 5) is 12.6. The lowest BCUT2D eigenvalue weighted by Gasteiger charge is -2.16. The van der Waals surface area contributed by atoms with Crippen LogP contribution in [-0.2, 0) is 19.6 Å². The zero-order valence-electron chi connectivity index (χ0n) is 18.0. The van der Waals surface area contributed by atoms with Crippen molar-refractivity contribution in [3.8, 4) is 11.3 Å². The number of aliphatic hydroxyl groups excluding tert-OH is 1. The van der Waals surface area contributed by atoms with Gasteiger partial charge in [-0.1, -0.05) is 59.6 Å². The number of ether oxygens (including phenoxy) is 1. The Morgan fingerprint density at radius 2 is 1.73 bits per heavy atom. The minimum absolute atomic E-state index is 0.0671. The first-order valence-corrected chi connectivity index (χ1v) is 12.1. The van der Waals surface area contributed by atoms with Crippen molar-refractivity contribution in [2.45, 2.75) is 24.8 Å². The second-order valence-corrected chi connectivity index (χ2v) is 9.75. The third-order valence-electron chi connectivity index (χ3n) is 5.32. The molecule has 33 heavy (non-hydrogen) atoms. The van der Waals surface area contributed by atoms with E-state index in [9.17, 15) is 18.3 Å². The van der Waals surface area contributed by atoms with Crippen LogP contribution in [-0.4, -0.2) is 30.1 Å². The molecule has 4 rings (SSSR count). The van der Waals surface area contributed by atoms with Gasteiger partial charge < -0.3 is 9.84 Å². The molecule has 1 aromatic heterocycles. The van der Waals surface area contributed by atoms with Crippen molar-refractivity contribution in [1.82, 2.24) is 3.97 Å². The largest absolute Gasteiger partial charge is 0.464 e. The zero-order valence-corrected chi connectivity index (χ0v) is 19.6. The molecule has 0 aliphatic heterocycles. The standard InChI is InChI=1S/C25H22ClNO5S/c1-3-32-25(29)24(28)22-20-15-18(26)11-14-21(20)27(23(22)17-7-5-4-6-8-17)33(30,31)19-12-9-16(2)10-13-19/h4-15,24,28H,3H2,1-2H3. The summed E-state index contributed by atoms with van der Waals surface area (Å²) in [6.45, 7) is 3.56. The Labute approximate surface area is 197 Å². The quantitative estimate of drug-likeness (QED) is 0.385. The molecule has 1 atom stereocenters. The van der Waals surface area contributed by atoms with Crippen LogP contribution in [0.2, 0.25) is 5.02 Å². The lowest BCUT2D eigenvalue weighted by Crippen LogP contribution is -2.18. The summed E-state index contributed by atoms with van der Waals surface area (Å²) in [6.07, 6.45) is -1.71. The van der Waals surface area contributed by atoms with Crippen molar-refractivity contribution in [1.29, 1.82) is 0 Å². The van der Waals surface area contributed by atoms with E-state index in [4.69, 9.17) is 16.3 Å². The van der Waals surface area contributed by atoms with Crippen LogP contribution in [0.1, 0.15) is 24.2 Å². The second-order valence-electron chi connectivity index (χ2n) is 7.53. The topological polar surface area (TPSA) is 85.6 Å². The molecule has 1 heterocycles. The van der Waals surface area contributed by atoms with E-state index >= 15 is 0 Å². The summed E-state index contributed by atoms with van der Waals surface area (Å²) >= 11 is 6.24. The number of rotatable bonds is 6. The van der Waals surface area contributed by atoms with E-state index in [2.05, 4.69) is 0 Å². The summed E-state index contributed by atoms with van der Waals surface area (Å²) in [5, 5.41) is 11.7. The average Bonchev–Trinajstić information content (AvgIpc) is 3.14. The van der Waals surface area contributed by atoms with Crippen molar-refractivity contribution in [2.75, 3.05) is 6.61 Å². The van der Waals surface area contributed by atoms with E-state index < -0.39 is 22.1 Å². The van der Waals surface area contributed by atoms with E-state index in [1.54, 1.807) is 67.6 Å². The predicted octanol–water partition coefficient (Wildman–Crippen LogP) is 5.10. The van der Waals surface area contributed by atoms with Gasteiger partial charge in [-0.05, 0) is 49.7 Å². The molecular formula is C25H22ClNO5S. The van der Waals surface area contributed by atoms with Crippen LogP contribution in [0.5, 0.6) is 0 Å².